The molecule has 0 atom stereocenters. The van der Waals surface area contributed by atoms with Crippen LogP contribution < -0.4 is 10.1 Å². The number of rotatable bonds is 8. The summed E-state index contributed by atoms with van der Waals surface area (Å²) in [5, 5.41) is 12.6. The number of halogens is 2. The van der Waals surface area contributed by atoms with Crippen molar-refractivity contribution in [2.75, 3.05) is 7.11 Å². The van der Waals surface area contributed by atoms with Crippen molar-refractivity contribution < 1.29 is 13.9 Å². The van der Waals surface area contributed by atoms with Gasteiger partial charge in [-0.1, -0.05) is 53.7 Å². The highest BCUT2D eigenvalue weighted by Gasteiger charge is 2.18. The minimum atomic E-state index is -0.582. The first-order chi connectivity index (χ1) is 16.5. The maximum atomic E-state index is 14.0. The lowest BCUT2D eigenvalue weighted by atomic mass is 10.2. The van der Waals surface area contributed by atoms with Crippen molar-refractivity contribution in [3.8, 4) is 11.4 Å². The summed E-state index contributed by atoms with van der Waals surface area (Å²) >= 11 is 7.78. The number of aromatic nitrogens is 3. The average Bonchev–Trinajstić information content (AvgIpc) is 3.25. The second-order valence-electron chi connectivity index (χ2n) is 7.47. The topological polar surface area (TPSA) is 69.0 Å². The summed E-state index contributed by atoms with van der Waals surface area (Å²) in [6, 6.07) is 19.2. The van der Waals surface area contributed by atoms with E-state index in [1.165, 1.54) is 30.0 Å². The van der Waals surface area contributed by atoms with Gasteiger partial charge < -0.3 is 10.1 Å². The molecule has 1 N–H and O–H groups in total. The second kappa shape index (κ2) is 10.7. The Morgan fingerprint density at radius 2 is 1.94 bits per heavy atom. The first-order valence-electron chi connectivity index (χ1n) is 10.5. The molecule has 0 aliphatic carbocycles. The van der Waals surface area contributed by atoms with Gasteiger partial charge in [-0.05, 0) is 54.4 Å². The van der Waals surface area contributed by atoms with Crippen LogP contribution in [0.3, 0.4) is 0 Å². The monoisotopic (exact) mass is 496 g/mol. The lowest BCUT2D eigenvalue weighted by Gasteiger charge is -2.14. The molecule has 1 amide bonds. The number of nitrogens with zero attached hydrogens (tertiary/aromatic N) is 3. The smallest absolute Gasteiger partial charge is 0.254 e. The van der Waals surface area contributed by atoms with Gasteiger partial charge in [0.25, 0.3) is 5.91 Å². The molecule has 0 fully saturated rings. The van der Waals surface area contributed by atoms with Crippen LogP contribution in [-0.4, -0.2) is 27.8 Å². The molecule has 0 saturated carbocycles. The number of aryl methyl sites for hydroxylation is 1. The first-order valence-corrected chi connectivity index (χ1v) is 11.8. The molecule has 174 valence electrons. The third-order valence-corrected chi connectivity index (χ3v) is 6.38. The Bertz CT molecular complexity index is 1330. The Morgan fingerprint density at radius 3 is 2.74 bits per heavy atom. The molecule has 0 spiro atoms. The first kappa shape index (κ1) is 23.8. The highest BCUT2D eigenvalue weighted by atomic mass is 35.5. The van der Waals surface area contributed by atoms with Gasteiger partial charge in [0.2, 0.25) is 0 Å². The number of hydrogen-bond donors (Lipinski definition) is 1. The molecule has 6 nitrogen and oxygen atoms in total. The fraction of sp³-hybridized carbons (Fsp3) is 0.160. The molecule has 1 aromatic heterocycles. The van der Waals surface area contributed by atoms with Crippen molar-refractivity contribution in [1.82, 2.24) is 20.1 Å². The van der Waals surface area contributed by atoms with Crippen LogP contribution in [-0.2, 0) is 12.3 Å². The van der Waals surface area contributed by atoms with E-state index in [2.05, 4.69) is 15.5 Å². The summed E-state index contributed by atoms with van der Waals surface area (Å²) in [7, 11) is 1.63. The van der Waals surface area contributed by atoms with Gasteiger partial charge in [0.15, 0.2) is 11.0 Å². The molecular formula is C25H22ClFN4O2S. The summed E-state index contributed by atoms with van der Waals surface area (Å²) in [5.41, 5.74) is 2.81. The number of hydrogen-bond acceptors (Lipinski definition) is 5. The zero-order valence-corrected chi connectivity index (χ0v) is 20.2. The van der Waals surface area contributed by atoms with Crippen molar-refractivity contribution in [1.29, 1.82) is 0 Å². The van der Waals surface area contributed by atoms with Gasteiger partial charge in [-0.2, -0.15) is 0 Å². The Labute approximate surface area is 206 Å². The van der Waals surface area contributed by atoms with Gasteiger partial charge in [-0.3, -0.25) is 9.36 Å². The van der Waals surface area contributed by atoms with Crippen LogP contribution in [0.25, 0.3) is 5.69 Å². The number of benzene rings is 3. The van der Waals surface area contributed by atoms with E-state index in [9.17, 15) is 9.18 Å². The number of thioether (sulfide) groups is 1. The molecule has 0 bridgehead atoms. The maximum Gasteiger partial charge on any atom is 0.254 e. The molecule has 9 heteroatoms. The highest BCUT2D eigenvalue weighted by Crippen LogP contribution is 2.29. The van der Waals surface area contributed by atoms with Crippen LogP contribution in [0.5, 0.6) is 5.75 Å². The largest absolute Gasteiger partial charge is 0.497 e. The van der Waals surface area contributed by atoms with Crippen LogP contribution in [0, 0.1) is 12.7 Å². The van der Waals surface area contributed by atoms with Gasteiger partial charge in [-0.25, -0.2) is 4.39 Å². The average molecular weight is 497 g/mol. The number of carbonyl (C=O) groups is 1. The summed E-state index contributed by atoms with van der Waals surface area (Å²) < 4.78 is 21.2. The molecular weight excluding hydrogens is 475 g/mol. The molecule has 0 radical (unpaired) electrons. The number of nitrogens with one attached hydrogen (secondary N) is 1. The summed E-state index contributed by atoms with van der Waals surface area (Å²) in [5.74, 6) is 0.809. The Morgan fingerprint density at radius 1 is 1.12 bits per heavy atom. The van der Waals surface area contributed by atoms with Crippen molar-refractivity contribution in [3.05, 3.63) is 100 Å². The molecule has 0 saturated heterocycles. The summed E-state index contributed by atoms with van der Waals surface area (Å²) in [4.78, 5) is 12.5. The third kappa shape index (κ3) is 5.40. The molecule has 0 aliphatic heterocycles. The molecule has 0 unspecified atom stereocenters. The van der Waals surface area contributed by atoms with Gasteiger partial charge >= 0.3 is 0 Å². The van der Waals surface area contributed by atoms with Crippen molar-refractivity contribution in [2.24, 2.45) is 0 Å². The van der Waals surface area contributed by atoms with Crippen molar-refractivity contribution in [3.63, 3.8) is 0 Å². The SMILES string of the molecule is COc1cccc(CSc2nnc(CNC(=O)c3ccccc3F)n2-c2cc(Cl)ccc2C)c1. The van der Waals surface area contributed by atoms with E-state index in [1.54, 1.807) is 13.2 Å². The summed E-state index contributed by atoms with van der Waals surface area (Å²) in [6.45, 7) is 2.02. The number of ether oxygens (including phenoxy) is 1. The van der Waals surface area contributed by atoms with E-state index in [0.717, 1.165) is 22.6 Å². The van der Waals surface area contributed by atoms with Gasteiger partial charge in [-0.15, -0.1) is 10.2 Å². The van der Waals surface area contributed by atoms with Crippen LogP contribution >= 0.6 is 23.4 Å². The third-order valence-electron chi connectivity index (χ3n) is 5.14. The van der Waals surface area contributed by atoms with Gasteiger partial charge in [0.05, 0.1) is 24.9 Å². The number of amides is 1. The van der Waals surface area contributed by atoms with Crippen molar-refractivity contribution >= 4 is 29.3 Å². The van der Waals surface area contributed by atoms with Crippen LogP contribution in [0.15, 0.2) is 71.9 Å². The Hall–Kier alpha value is -3.36. The standard InChI is InChI=1S/C25H22ClFN4O2S/c1-16-10-11-18(26)13-22(16)31-23(14-28-24(32)20-8-3-4-9-21(20)27)29-30-25(31)34-15-17-6-5-7-19(12-17)33-2/h3-13H,14-15H2,1-2H3,(H,28,32). The molecule has 4 aromatic rings. The quantitative estimate of drug-likeness (QED) is 0.322. The predicted octanol–water partition coefficient (Wildman–Crippen LogP) is 5.60. The van der Waals surface area contributed by atoms with Gasteiger partial charge in [0, 0.05) is 10.8 Å². The maximum absolute atomic E-state index is 14.0. The normalized spacial score (nSPS) is 10.8. The van der Waals surface area contributed by atoms with E-state index in [1.807, 2.05) is 54.0 Å². The van der Waals surface area contributed by atoms with E-state index in [4.69, 9.17) is 16.3 Å². The molecule has 0 aliphatic rings. The zero-order chi connectivity index (χ0) is 24.1. The highest BCUT2D eigenvalue weighted by molar-refractivity contribution is 7.98. The molecule has 34 heavy (non-hydrogen) atoms. The van der Waals surface area contributed by atoms with Crippen LogP contribution in [0.2, 0.25) is 5.02 Å². The van der Waals surface area contributed by atoms with Crippen LogP contribution in [0.4, 0.5) is 4.39 Å². The number of carbonyl (C=O) groups excluding carboxylic acids is 1. The lowest BCUT2D eigenvalue weighted by molar-refractivity contribution is 0.0945. The van der Waals surface area contributed by atoms with E-state index in [-0.39, 0.29) is 12.1 Å². The molecule has 4 rings (SSSR count). The Kier molecular flexibility index (Phi) is 7.49. The van der Waals surface area contributed by atoms with Crippen LogP contribution in [0.1, 0.15) is 27.3 Å². The van der Waals surface area contributed by atoms with E-state index < -0.39 is 11.7 Å². The van der Waals surface area contributed by atoms with E-state index in [0.29, 0.717) is 21.8 Å². The molecule has 3 aromatic carbocycles. The molecule has 1 heterocycles. The predicted molar refractivity (Wildman–Crippen MR) is 131 cm³/mol. The minimum Gasteiger partial charge on any atom is -0.497 e. The second-order valence-corrected chi connectivity index (χ2v) is 8.85. The fourth-order valence-corrected chi connectivity index (χ4v) is 4.46. The van der Waals surface area contributed by atoms with Gasteiger partial charge in [0.1, 0.15) is 11.6 Å². The number of methoxy groups -OCH3 is 1. The van der Waals surface area contributed by atoms with E-state index >= 15 is 0 Å². The summed E-state index contributed by atoms with van der Waals surface area (Å²) in [6.07, 6.45) is 0. The Balaban J connectivity index is 1.62. The zero-order valence-electron chi connectivity index (χ0n) is 18.6. The minimum absolute atomic E-state index is 0.0277. The fourth-order valence-electron chi connectivity index (χ4n) is 3.38. The van der Waals surface area contributed by atoms with Crippen molar-refractivity contribution in [2.45, 2.75) is 24.4 Å². The lowest BCUT2D eigenvalue weighted by Crippen LogP contribution is -2.25.